The van der Waals surface area contributed by atoms with E-state index in [0.29, 0.717) is 6.54 Å². The number of amides is 1. The number of hydrogen-bond acceptors (Lipinski definition) is 4. The summed E-state index contributed by atoms with van der Waals surface area (Å²) in [7, 11) is 1.64. The van der Waals surface area contributed by atoms with Crippen LogP contribution in [0.5, 0.6) is 11.5 Å². The Morgan fingerprint density at radius 3 is 2.28 bits per heavy atom. The summed E-state index contributed by atoms with van der Waals surface area (Å²) in [5, 5.41) is 5.99. The highest BCUT2D eigenvalue weighted by atomic mass is 16.5. The maximum Gasteiger partial charge on any atom is 0.238 e. The minimum absolute atomic E-state index is 0.0795. The zero-order valence-electron chi connectivity index (χ0n) is 15.0. The lowest BCUT2D eigenvalue weighted by molar-refractivity contribution is -0.115. The molecule has 0 saturated heterocycles. The fourth-order valence-corrected chi connectivity index (χ4v) is 2.20. The van der Waals surface area contributed by atoms with Crippen LogP contribution in [0.1, 0.15) is 25.8 Å². The molecule has 25 heavy (non-hydrogen) atoms. The first kappa shape index (κ1) is 18.8. The molecule has 1 amide bonds. The van der Waals surface area contributed by atoms with E-state index in [-0.39, 0.29) is 18.6 Å². The lowest BCUT2D eigenvalue weighted by atomic mass is 10.2. The third-order valence-electron chi connectivity index (χ3n) is 3.82. The van der Waals surface area contributed by atoms with Gasteiger partial charge in [-0.05, 0) is 55.3 Å². The van der Waals surface area contributed by atoms with Gasteiger partial charge in [-0.2, -0.15) is 0 Å². The molecule has 5 nitrogen and oxygen atoms in total. The molecule has 0 aliphatic heterocycles. The zero-order chi connectivity index (χ0) is 18.1. The lowest BCUT2D eigenvalue weighted by Crippen LogP contribution is -2.27. The van der Waals surface area contributed by atoms with E-state index in [4.69, 9.17) is 9.47 Å². The van der Waals surface area contributed by atoms with E-state index in [1.54, 1.807) is 7.11 Å². The van der Waals surface area contributed by atoms with Gasteiger partial charge in [-0.3, -0.25) is 4.79 Å². The Hall–Kier alpha value is -2.53. The van der Waals surface area contributed by atoms with Crippen molar-refractivity contribution in [1.82, 2.24) is 5.32 Å². The minimum atomic E-state index is -0.0795. The smallest absolute Gasteiger partial charge is 0.238 e. The Bertz CT molecular complexity index is 654. The molecular weight excluding hydrogens is 316 g/mol. The first-order valence-corrected chi connectivity index (χ1v) is 8.51. The van der Waals surface area contributed by atoms with Crippen molar-refractivity contribution in [3.63, 3.8) is 0 Å². The first-order chi connectivity index (χ1) is 12.1. The Labute approximate surface area is 149 Å². The number of anilines is 1. The van der Waals surface area contributed by atoms with Crippen LogP contribution in [0.2, 0.25) is 0 Å². The molecule has 1 unspecified atom stereocenters. The molecule has 0 bridgehead atoms. The van der Waals surface area contributed by atoms with Gasteiger partial charge in [0.05, 0.1) is 19.8 Å². The normalized spacial score (nSPS) is 11.6. The molecule has 0 spiro atoms. The summed E-state index contributed by atoms with van der Waals surface area (Å²) >= 11 is 0. The van der Waals surface area contributed by atoms with Crippen LogP contribution in [0.4, 0.5) is 5.69 Å². The molecular formula is C20H26N2O3. The SMILES string of the molecule is CCC(C)Oc1ccc(NC(=O)CNCc2ccc(OC)cc2)cc1. The quantitative estimate of drug-likeness (QED) is 0.731. The van der Waals surface area contributed by atoms with Crippen LogP contribution in [0.25, 0.3) is 0 Å². The Morgan fingerprint density at radius 1 is 1.04 bits per heavy atom. The molecule has 2 aromatic rings. The molecule has 2 aromatic carbocycles. The predicted octanol–water partition coefficient (Wildman–Crippen LogP) is 3.60. The number of hydrogen-bond donors (Lipinski definition) is 2. The standard InChI is InChI=1S/C20H26N2O3/c1-4-15(2)25-19-11-7-17(8-12-19)22-20(23)14-21-13-16-5-9-18(24-3)10-6-16/h5-12,15,21H,4,13-14H2,1-3H3,(H,22,23). The number of ether oxygens (including phenoxy) is 2. The van der Waals surface area contributed by atoms with E-state index in [1.807, 2.05) is 55.5 Å². The summed E-state index contributed by atoms with van der Waals surface area (Å²) in [5.41, 5.74) is 1.85. The van der Waals surface area contributed by atoms with Crippen LogP contribution >= 0.6 is 0 Å². The van der Waals surface area contributed by atoms with E-state index in [9.17, 15) is 4.79 Å². The van der Waals surface area contributed by atoms with Crippen molar-refractivity contribution in [3.8, 4) is 11.5 Å². The fraction of sp³-hybridized carbons (Fsp3) is 0.350. The highest BCUT2D eigenvalue weighted by Gasteiger charge is 2.04. The summed E-state index contributed by atoms with van der Waals surface area (Å²) in [5.74, 6) is 1.55. The monoisotopic (exact) mass is 342 g/mol. The number of carbonyl (C=O) groups is 1. The molecule has 0 radical (unpaired) electrons. The molecule has 5 heteroatoms. The van der Waals surface area contributed by atoms with Gasteiger partial charge in [0, 0.05) is 12.2 Å². The second kappa shape index (κ2) is 9.69. The van der Waals surface area contributed by atoms with Crippen molar-refractivity contribution in [2.75, 3.05) is 19.0 Å². The predicted molar refractivity (Wildman–Crippen MR) is 100 cm³/mol. The molecule has 0 saturated carbocycles. The van der Waals surface area contributed by atoms with Crippen molar-refractivity contribution >= 4 is 11.6 Å². The van der Waals surface area contributed by atoms with Crippen molar-refractivity contribution in [2.45, 2.75) is 32.9 Å². The second-order valence-corrected chi connectivity index (χ2v) is 5.86. The Morgan fingerprint density at radius 2 is 1.68 bits per heavy atom. The van der Waals surface area contributed by atoms with Gasteiger partial charge >= 0.3 is 0 Å². The molecule has 0 aliphatic rings. The molecule has 0 aliphatic carbocycles. The maximum absolute atomic E-state index is 12.0. The summed E-state index contributed by atoms with van der Waals surface area (Å²) in [6.07, 6.45) is 1.14. The van der Waals surface area contributed by atoms with Gasteiger partial charge in [0.2, 0.25) is 5.91 Å². The Balaban J connectivity index is 1.74. The summed E-state index contributed by atoms with van der Waals surface area (Å²) in [6.45, 7) is 4.98. The van der Waals surface area contributed by atoms with E-state index in [0.717, 1.165) is 29.2 Å². The average molecular weight is 342 g/mol. The molecule has 1 atom stereocenters. The fourth-order valence-electron chi connectivity index (χ4n) is 2.20. The molecule has 0 aromatic heterocycles. The van der Waals surface area contributed by atoms with Crippen molar-refractivity contribution < 1.29 is 14.3 Å². The van der Waals surface area contributed by atoms with Crippen molar-refractivity contribution in [1.29, 1.82) is 0 Å². The largest absolute Gasteiger partial charge is 0.497 e. The van der Waals surface area contributed by atoms with Crippen LogP contribution in [-0.4, -0.2) is 25.7 Å². The molecule has 0 fully saturated rings. The van der Waals surface area contributed by atoms with Gasteiger partial charge in [0.15, 0.2) is 0 Å². The van der Waals surface area contributed by atoms with Gasteiger partial charge in [-0.15, -0.1) is 0 Å². The third-order valence-corrected chi connectivity index (χ3v) is 3.82. The van der Waals surface area contributed by atoms with Crippen LogP contribution in [-0.2, 0) is 11.3 Å². The average Bonchev–Trinajstić information content (AvgIpc) is 2.64. The number of methoxy groups -OCH3 is 1. The highest BCUT2D eigenvalue weighted by Crippen LogP contribution is 2.17. The lowest BCUT2D eigenvalue weighted by Gasteiger charge is -2.13. The Kier molecular flexibility index (Phi) is 7.29. The third kappa shape index (κ3) is 6.47. The van der Waals surface area contributed by atoms with Crippen LogP contribution in [0.3, 0.4) is 0 Å². The molecule has 134 valence electrons. The maximum atomic E-state index is 12.0. The van der Waals surface area contributed by atoms with Gasteiger partial charge in [-0.25, -0.2) is 0 Å². The number of rotatable bonds is 9. The van der Waals surface area contributed by atoms with Gasteiger partial charge in [0.1, 0.15) is 11.5 Å². The second-order valence-electron chi connectivity index (χ2n) is 5.86. The number of nitrogens with one attached hydrogen (secondary N) is 2. The summed E-state index contributed by atoms with van der Waals surface area (Å²) in [4.78, 5) is 12.0. The highest BCUT2D eigenvalue weighted by molar-refractivity contribution is 5.92. The van der Waals surface area contributed by atoms with Crippen LogP contribution < -0.4 is 20.1 Å². The molecule has 0 heterocycles. The molecule has 2 rings (SSSR count). The number of benzene rings is 2. The molecule has 2 N–H and O–H groups in total. The van der Waals surface area contributed by atoms with Crippen LogP contribution in [0, 0.1) is 0 Å². The summed E-state index contributed by atoms with van der Waals surface area (Å²) in [6, 6.07) is 15.2. The van der Waals surface area contributed by atoms with Gasteiger partial charge in [0.25, 0.3) is 0 Å². The first-order valence-electron chi connectivity index (χ1n) is 8.51. The zero-order valence-corrected chi connectivity index (χ0v) is 15.0. The van der Waals surface area contributed by atoms with Gasteiger partial charge in [-0.1, -0.05) is 19.1 Å². The minimum Gasteiger partial charge on any atom is -0.497 e. The number of carbonyl (C=O) groups excluding carboxylic acids is 1. The van der Waals surface area contributed by atoms with E-state index in [2.05, 4.69) is 17.6 Å². The van der Waals surface area contributed by atoms with Crippen LogP contribution in [0.15, 0.2) is 48.5 Å². The van der Waals surface area contributed by atoms with E-state index < -0.39 is 0 Å². The van der Waals surface area contributed by atoms with Gasteiger partial charge < -0.3 is 20.1 Å². The topological polar surface area (TPSA) is 59.6 Å². The van der Waals surface area contributed by atoms with Crippen molar-refractivity contribution in [2.24, 2.45) is 0 Å². The summed E-state index contributed by atoms with van der Waals surface area (Å²) < 4.78 is 10.8. The van der Waals surface area contributed by atoms with E-state index in [1.165, 1.54) is 0 Å². The van der Waals surface area contributed by atoms with Crippen molar-refractivity contribution in [3.05, 3.63) is 54.1 Å². The van der Waals surface area contributed by atoms with E-state index >= 15 is 0 Å².